The second-order valence-corrected chi connectivity index (χ2v) is 31.8. The van der Waals surface area contributed by atoms with E-state index in [0.717, 1.165) is 199 Å². The largest absolute Gasteiger partial charge is 0.337 e. The number of likely N-dealkylation sites (N-methyl/N-ethyl adjacent to an activating group) is 1. The average molecular weight is 1530 g/mol. The molecule has 3 N–H and O–H groups in total. The highest BCUT2D eigenvalue weighted by molar-refractivity contribution is 6.04. The van der Waals surface area contributed by atoms with E-state index in [2.05, 4.69) is 73.9 Å². The van der Waals surface area contributed by atoms with Gasteiger partial charge in [-0.05, 0) is 236 Å². The van der Waals surface area contributed by atoms with Crippen molar-refractivity contribution in [2.75, 3.05) is 116 Å². The lowest BCUT2D eigenvalue weighted by Crippen LogP contribution is -2.53. The van der Waals surface area contributed by atoms with Crippen LogP contribution in [0.4, 0.5) is 49.3 Å². The highest BCUT2D eigenvalue weighted by Gasteiger charge is 2.40. The van der Waals surface area contributed by atoms with Crippen LogP contribution in [0, 0.1) is 51.7 Å². The van der Waals surface area contributed by atoms with E-state index in [4.69, 9.17) is 0 Å². The Kier molecular flexibility index (Phi) is 23.3. The Labute approximate surface area is 655 Å². The van der Waals surface area contributed by atoms with Crippen LogP contribution in [0.1, 0.15) is 188 Å². The van der Waals surface area contributed by atoms with Crippen LogP contribution in [0.25, 0.3) is 0 Å². The van der Waals surface area contributed by atoms with Crippen molar-refractivity contribution >= 4 is 89.6 Å². The quantitative estimate of drug-likeness (QED) is 0.0678. The fourth-order valence-electron chi connectivity index (χ4n) is 16.9. The zero-order valence-corrected chi connectivity index (χ0v) is 63.8. The number of hydrogen-bond donors (Lipinski definition) is 3. The molecule has 8 fully saturated rings. The van der Waals surface area contributed by atoms with E-state index in [-0.39, 0.29) is 58.9 Å². The van der Waals surface area contributed by atoms with Gasteiger partial charge in [0, 0.05) is 113 Å². The van der Waals surface area contributed by atoms with Gasteiger partial charge >= 0.3 is 18.1 Å². The zero-order chi connectivity index (χ0) is 78.4. The Balaban J connectivity index is 0.000000134. The van der Waals surface area contributed by atoms with Crippen molar-refractivity contribution in [2.24, 2.45) is 17.8 Å². The second kappa shape index (κ2) is 34.2. The molecule has 11 aliphatic rings. The van der Waals surface area contributed by atoms with Gasteiger partial charge in [-0.1, -0.05) is 0 Å². The molecular weight excluding hydrogens is 1440 g/mol. The highest BCUT2D eigenvalue weighted by Crippen LogP contribution is 2.39. The van der Waals surface area contributed by atoms with Gasteiger partial charge < -0.3 is 14.7 Å². The second-order valence-electron chi connectivity index (χ2n) is 31.8. The standard InChI is InChI=1S/2C28H31N7O3.C27H31N7O3/c29-12-22-13-30-25(11-20(22)9-18-5-6-18)32-28(38)35-8-1-3-19-10-21(24(17-36)31-27(19)35)14-34-15-23-4-2-7-33(23)16-26(34)37;29-14-22-15-30-25(13-20(22)11-18-5-6-18)32-28(38)35-8-1-3-19-12-21(23(17-36)31-26(19)35)16-34-10-9-33-7-2-4-24(33)27(34)37;1-32-7-3-8-33(25(36)16-32)15-21-11-19-4-2-9-34(26(19)30-23(21)17-35)27(37)31-24-12-20(10-18-5-6-18)22(13-28)14-29-24/h10-11,13,17-18,23H,1-9,14-16H2,(H,30,32,38);12-13,15,17-18,24H,1-11,16H2,(H,30,32,38);11-12,14,17-18H,2-10,15-16H2,1H3,(H,29,31,37). The summed E-state index contributed by atoms with van der Waals surface area (Å²) in [5, 5.41) is 36.8. The maximum atomic E-state index is 13.3. The molecule has 6 aromatic rings. The van der Waals surface area contributed by atoms with Gasteiger partial charge in [-0.2, -0.15) is 15.8 Å². The molecule has 0 bridgehead atoms. The third-order valence-electron chi connectivity index (χ3n) is 23.6. The maximum Gasteiger partial charge on any atom is 0.328 e. The van der Waals surface area contributed by atoms with Gasteiger partial charge in [0.05, 0.1) is 35.8 Å². The number of amides is 9. The Bertz CT molecular complexity index is 4720. The molecule has 30 heteroatoms. The van der Waals surface area contributed by atoms with E-state index >= 15 is 0 Å². The Morgan fingerprint density at radius 2 is 0.850 bits per heavy atom. The predicted molar refractivity (Wildman–Crippen MR) is 417 cm³/mol. The lowest BCUT2D eigenvalue weighted by Gasteiger charge is -2.37. The molecule has 5 saturated heterocycles. The van der Waals surface area contributed by atoms with Gasteiger partial charge in [0.15, 0.2) is 18.9 Å². The zero-order valence-electron chi connectivity index (χ0n) is 63.8. The topological polar surface area (TPSA) is 368 Å². The Morgan fingerprint density at radius 3 is 1.27 bits per heavy atom. The van der Waals surface area contributed by atoms with Gasteiger partial charge in [-0.15, -0.1) is 0 Å². The SMILES string of the molecule is CN1CCCN(Cc2cc3c(nc2C=O)N(C(=O)Nc2cc(CC4CC4)c(C#N)cn2)CCC3)C(=O)C1.N#Cc1cnc(NC(=O)N2CCCc3cc(CN4CC5CCCN5CC4=O)c(C=O)nc32)cc1CC1CC1.N#Cc1cnc(NC(=O)N2CCCc3cc(CN4CCN5CCCC5C4=O)c(C=O)nc32)cc1CC1CC1. The molecule has 0 spiro atoms. The molecule has 0 radical (unpaired) electrons. The van der Waals surface area contributed by atoms with Crippen molar-refractivity contribution in [3.8, 4) is 18.2 Å². The number of fused-ring (bicyclic) bond motifs is 5. The Hall–Kier alpha value is -11.5. The minimum atomic E-state index is -0.377. The summed E-state index contributed by atoms with van der Waals surface area (Å²) >= 11 is 0. The summed E-state index contributed by atoms with van der Waals surface area (Å²) in [7, 11) is 1.93. The number of aromatic nitrogens is 6. The highest BCUT2D eigenvalue weighted by atomic mass is 16.2. The van der Waals surface area contributed by atoms with Gasteiger partial charge in [-0.3, -0.25) is 74.1 Å². The summed E-state index contributed by atoms with van der Waals surface area (Å²) in [6.45, 7) is 8.81. The number of aryl methyl sites for hydroxylation is 3. The van der Waals surface area contributed by atoms with Crippen molar-refractivity contribution in [3.63, 3.8) is 0 Å². The number of carbonyl (C=O) groups is 9. The monoisotopic (exact) mass is 1530 g/mol. The van der Waals surface area contributed by atoms with Crippen molar-refractivity contribution in [2.45, 2.75) is 160 Å². The van der Waals surface area contributed by atoms with Gasteiger partial charge in [-0.25, -0.2) is 44.3 Å². The number of aldehydes is 3. The van der Waals surface area contributed by atoms with E-state index in [1.165, 1.54) is 18.6 Å². The first-order valence-electron chi connectivity index (χ1n) is 39.9. The average Bonchev–Trinajstić information content (AvgIpc) is 1.50. The molecule has 30 nitrogen and oxygen atoms in total. The van der Waals surface area contributed by atoms with Crippen LogP contribution in [0.2, 0.25) is 0 Å². The summed E-state index contributed by atoms with van der Waals surface area (Å²) < 4.78 is 0. The van der Waals surface area contributed by atoms with Crippen LogP contribution < -0.4 is 30.7 Å². The number of hydrogen-bond acceptors (Lipinski definition) is 21. The molecule has 0 aromatic carbocycles. The fourth-order valence-corrected chi connectivity index (χ4v) is 16.9. The van der Waals surface area contributed by atoms with E-state index < -0.39 is 0 Å². The van der Waals surface area contributed by atoms with Crippen molar-refractivity contribution in [1.29, 1.82) is 15.8 Å². The van der Waals surface area contributed by atoms with Crippen molar-refractivity contribution in [3.05, 3.63) is 139 Å². The summed E-state index contributed by atoms with van der Waals surface area (Å²) in [6, 6.07) is 16.9. The molecule has 2 atom stereocenters. The molecule has 584 valence electrons. The number of urea groups is 3. The Morgan fingerprint density at radius 1 is 0.442 bits per heavy atom. The molecule has 14 heterocycles. The van der Waals surface area contributed by atoms with Crippen LogP contribution in [-0.2, 0) is 72.5 Å². The van der Waals surface area contributed by atoms with E-state index in [9.17, 15) is 58.9 Å². The number of anilines is 6. The summed E-state index contributed by atoms with van der Waals surface area (Å²) in [5.74, 6) is 4.62. The molecule has 2 unspecified atom stereocenters. The number of rotatable bonds is 18. The van der Waals surface area contributed by atoms with Crippen LogP contribution in [0.5, 0.6) is 0 Å². The molecule has 3 saturated carbocycles. The summed E-state index contributed by atoms with van der Waals surface area (Å²) in [4.78, 5) is 158. The number of nitriles is 3. The summed E-state index contributed by atoms with van der Waals surface area (Å²) in [5.41, 5.74) is 9.87. The number of pyridine rings is 6. The van der Waals surface area contributed by atoms with Gasteiger partial charge in [0.1, 0.15) is 70.2 Å². The molecule has 9 amide bonds. The van der Waals surface area contributed by atoms with Crippen LogP contribution >= 0.6 is 0 Å². The van der Waals surface area contributed by atoms with Gasteiger partial charge in [0.25, 0.3) is 0 Å². The van der Waals surface area contributed by atoms with E-state index in [0.29, 0.717) is 172 Å². The first-order valence-corrected chi connectivity index (χ1v) is 39.9. The normalized spacial score (nSPS) is 20.1. The molecule has 113 heavy (non-hydrogen) atoms. The molecule has 6 aromatic heterocycles. The molecule has 17 rings (SSSR count). The van der Waals surface area contributed by atoms with E-state index in [1.54, 1.807) is 37.8 Å². The molecular formula is C83H93N21O9. The molecule has 8 aliphatic heterocycles. The van der Waals surface area contributed by atoms with Crippen LogP contribution in [0.3, 0.4) is 0 Å². The van der Waals surface area contributed by atoms with Gasteiger partial charge in [0.2, 0.25) is 17.7 Å². The fraction of sp³-hybridized carbons (Fsp3) is 0.494. The number of nitrogens with zero attached hydrogens (tertiary/aromatic N) is 18. The third kappa shape index (κ3) is 17.9. The molecule has 3 aliphatic carbocycles. The number of nitrogens with one attached hydrogen (secondary N) is 3. The third-order valence-corrected chi connectivity index (χ3v) is 23.6. The first kappa shape index (κ1) is 76.8. The minimum Gasteiger partial charge on any atom is -0.337 e. The number of piperazine rings is 2. The van der Waals surface area contributed by atoms with Crippen molar-refractivity contribution in [1.82, 2.24) is 59.3 Å². The maximum absolute atomic E-state index is 13.3. The summed E-state index contributed by atoms with van der Waals surface area (Å²) in [6.07, 6.45) is 25.6. The smallest absolute Gasteiger partial charge is 0.328 e. The minimum absolute atomic E-state index is 0.0338. The number of carbonyl (C=O) groups excluding carboxylic acids is 9. The first-order chi connectivity index (χ1) is 55.0. The lowest BCUT2D eigenvalue weighted by atomic mass is 10.0. The van der Waals surface area contributed by atoms with E-state index in [1.807, 2.05) is 39.9 Å². The van der Waals surface area contributed by atoms with Crippen LogP contribution in [-0.4, -0.2) is 212 Å². The lowest BCUT2D eigenvalue weighted by molar-refractivity contribution is -0.141. The predicted octanol–water partition coefficient (Wildman–Crippen LogP) is 8.57. The van der Waals surface area contributed by atoms with Crippen molar-refractivity contribution < 1.29 is 43.2 Å². The van der Waals surface area contributed by atoms with Crippen LogP contribution in [0.15, 0.2) is 55.0 Å².